The van der Waals surface area contributed by atoms with Gasteiger partial charge in [-0.3, -0.25) is 0 Å². The Labute approximate surface area is 81.8 Å². The van der Waals surface area contributed by atoms with Gasteiger partial charge in [0, 0.05) is 5.92 Å². The van der Waals surface area contributed by atoms with Crippen molar-refractivity contribution in [1.82, 2.24) is 0 Å². The molecule has 0 unspecified atom stereocenters. The van der Waals surface area contributed by atoms with E-state index in [0.29, 0.717) is 5.92 Å². The second-order valence-corrected chi connectivity index (χ2v) is 4.50. The van der Waals surface area contributed by atoms with Crippen LogP contribution in [-0.4, -0.2) is 19.8 Å². The van der Waals surface area contributed by atoms with Gasteiger partial charge in [0.25, 0.3) is 0 Å². The van der Waals surface area contributed by atoms with Gasteiger partial charge in [-0.1, -0.05) is 20.3 Å². The summed E-state index contributed by atoms with van der Waals surface area (Å²) < 4.78 is 16.3. The zero-order valence-corrected chi connectivity index (χ0v) is 9.39. The molecule has 1 rings (SSSR count). The standard InChI is InChI=1S/C9H19O3P/c1-3-5-6-10-13-11-7-9(4-2)8-12-13/h9H,3-8H2,1-2H3. The van der Waals surface area contributed by atoms with Crippen molar-refractivity contribution in [3.8, 4) is 0 Å². The fourth-order valence-corrected chi connectivity index (χ4v) is 2.18. The van der Waals surface area contributed by atoms with Gasteiger partial charge in [-0.15, -0.1) is 0 Å². The third-order valence-electron chi connectivity index (χ3n) is 2.10. The molecule has 0 bridgehead atoms. The summed E-state index contributed by atoms with van der Waals surface area (Å²) in [5.41, 5.74) is 0. The van der Waals surface area contributed by atoms with Crippen molar-refractivity contribution < 1.29 is 13.6 Å². The Morgan fingerprint density at radius 2 is 2.00 bits per heavy atom. The predicted octanol–water partition coefficient (Wildman–Crippen LogP) is 3.10. The van der Waals surface area contributed by atoms with Crippen molar-refractivity contribution in [2.24, 2.45) is 5.92 Å². The van der Waals surface area contributed by atoms with E-state index in [9.17, 15) is 0 Å². The number of unbranched alkanes of at least 4 members (excludes halogenated alkanes) is 1. The SMILES string of the molecule is CCCCOP1OCC(CC)CO1. The van der Waals surface area contributed by atoms with E-state index in [1.165, 1.54) is 0 Å². The van der Waals surface area contributed by atoms with Gasteiger partial charge in [0.1, 0.15) is 0 Å². The van der Waals surface area contributed by atoms with Gasteiger partial charge < -0.3 is 13.6 Å². The van der Waals surface area contributed by atoms with Crippen molar-refractivity contribution in [1.29, 1.82) is 0 Å². The van der Waals surface area contributed by atoms with Gasteiger partial charge in [0.05, 0.1) is 19.8 Å². The average Bonchev–Trinajstić information content (AvgIpc) is 2.19. The van der Waals surface area contributed by atoms with Crippen LogP contribution in [0.1, 0.15) is 33.1 Å². The molecule has 0 radical (unpaired) electrons. The molecule has 3 nitrogen and oxygen atoms in total. The minimum absolute atomic E-state index is 0.563. The lowest BCUT2D eigenvalue weighted by Gasteiger charge is -2.26. The van der Waals surface area contributed by atoms with Gasteiger partial charge in [-0.05, 0) is 12.8 Å². The first-order valence-corrected chi connectivity index (χ1v) is 6.15. The molecule has 1 aliphatic rings. The molecule has 0 N–H and O–H groups in total. The van der Waals surface area contributed by atoms with E-state index in [-0.39, 0.29) is 0 Å². The lowest BCUT2D eigenvalue weighted by Crippen LogP contribution is -2.19. The smallest absolute Gasteiger partial charge is 0.312 e. The number of rotatable bonds is 5. The highest BCUT2D eigenvalue weighted by Gasteiger charge is 2.22. The van der Waals surface area contributed by atoms with Crippen LogP contribution >= 0.6 is 8.60 Å². The van der Waals surface area contributed by atoms with Crippen molar-refractivity contribution in [3.63, 3.8) is 0 Å². The van der Waals surface area contributed by atoms with Gasteiger partial charge in [0.2, 0.25) is 0 Å². The third kappa shape index (κ3) is 4.37. The van der Waals surface area contributed by atoms with Gasteiger partial charge in [-0.2, -0.15) is 0 Å². The molecule has 1 aliphatic heterocycles. The van der Waals surface area contributed by atoms with E-state index in [1.807, 2.05) is 0 Å². The molecule has 0 aromatic heterocycles. The second kappa shape index (κ2) is 6.72. The molecule has 0 amide bonds. The minimum atomic E-state index is -1.02. The monoisotopic (exact) mass is 206 g/mol. The average molecular weight is 206 g/mol. The molecule has 1 fully saturated rings. The molecule has 13 heavy (non-hydrogen) atoms. The largest absolute Gasteiger partial charge is 0.332 e. The Balaban J connectivity index is 2.03. The molecule has 1 heterocycles. The van der Waals surface area contributed by atoms with Crippen molar-refractivity contribution in [3.05, 3.63) is 0 Å². The van der Waals surface area contributed by atoms with Gasteiger partial charge in [0.15, 0.2) is 0 Å². The highest BCUT2D eigenvalue weighted by molar-refractivity contribution is 7.41. The van der Waals surface area contributed by atoms with E-state index >= 15 is 0 Å². The number of hydrogen-bond donors (Lipinski definition) is 0. The predicted molar refractivity (Wildman–Crippen MR) is 53.5 cm³/mol. The van der Waals surface area contributed by atoms with Crippen LogP contribution in [0.25, 0.3) is 0 Å². The first-order valence-electron chi connectivity index (χ1n) is 5.05. The minimum Gasteiger partial charge on any atom is -0.312 e. The van der Waals surface area contributed by atoms with Crippen LogP contribution in [0.5, 0.6) is 0 Å². The Morgan fingerprint density at radius 3 is 2.54 bits per heavy atom. The van der Waals surface area contributed by atoms with E-state index in [1.54, 1.807) is 0 Å². The molecule has 4 heteroatoms. The molecule has 0 spiro atoms. The highest BCUT2D eigenvalue weighted by atomic mass is 31.2. The van der Waals surface area contributed by atoms with Crippen LogP contribution in [0.4, 0.5) is 0 Å². The maximum absolute atomic E-state index is 5.45. The topological polar surface area (TPSA) is 27.7 Å². The van der Waals surface area contributed by atoms with Crippen LogP contribution in [0.2, 0.25) is 0 Å². The Hall–Kier alpha value is 0.310. The van der Waals surface area contributed by atoms with Gasteiger partial charge in [-0.25, -0.2) is 0 Å². The summed E-state index contributed by atoms with van der Waals surface area (Å²) in [5, 5.41) is 0. The molecule has 0 aliphatic carbocycles. The summed E-state index contributed by atoms with van der Waals surface area (Å²) in [4.78, 5) is 0. The van der Waals surface area contributed by atoms with E-state index in [4.69, 9.17) is 13.6 Å². The fourth-order valence-electron chi connectivity index (χ4n) is 1.01. The quantitative estimate of drug-likeness (QED) is 0.511. The van der Waals surface area contributed by atoms with Crippen LogP contribution in [-0.2, 0) is 13.6 Å². The first kappa shape index (κ1) is 11.4. The first-order chi connectivity index (χ1) is 6.36. The van der Waals surface area contributed by atoms with Crippen LogP contribution in [0.15, 0.2) is 0 Å². The summed E-state index contributed by atoms with van der Waals surface area (Å²) in [7, 11) is -1.02. The maximum Gasteiger partial charge on any atom is 0.332 e. The highest BCUT2D eigenvalue weighted by Crippen LogP contribution is 2.44. The zero-order valence-electron chi connectivity index (χ0n) is 8.49. The fraction of sp³-hybridized carbons (Fsp3) is 1.00. The lowest BCUT2D eigenvalue weighted by molar-refractivity contribution is 0.0704. The van der Waals surface area contributed by atoms with Crippen molar-refractivity contribution in [2.45, 2.75) is 33.1 Å². The summed E-state index contributed by atoms with van der Waals surface area (Å²) in [6.45, 7) is 6.66. The summed E-state index contributed by atoms with van der Waals surface area (Å²) in [6.07, 6.45) is 3.36. The lowest BCUT2D eigenvalue weighted by atomic mass is 10.1. The molecule has 1 saturated heterocycles. The van der Waals surface area contributed by atoms with Crippen LogP contribution in [0.3, 0.4) is 0 Å². The molecule has 0 atom stereocenters. The zero-order chi connectivity index (χ0) is 9.52. The van der Waals surface area contributed by atoms with Crippen LogP contribution < -0.4 is 0 Å². The summed E-state index contributed by atoms with van der Waals surface area (Å²) in [6, 6.07) is 0. The molecular formula is C9H19O3P. The van der Waals surface area contributed by atoms with E-state index < -0.39 is 8.60 Å². The Kier molecular flexibility index (Phi) is 5.88. The normalized spacial score (nSPS) is 29.1. The van der Waals surface area contributed by atoms with Crippen LogP contribution in [0, 0.1) is 5.92 Å². The van der Waals surface area contributed by atoms with Crippen molar-refractivity contribution >= 4 is 8.60 Å². The maximum atomic E-state index is 5.45. The molecule has 0 aromatic carbocycles. The third-order valence-corrected chi connectivity index (χ3v) is 3.22. The Bertz CT molecular complexity index is 121. The number of hydrogen-bond acceptors (Lipinski definition) is 3. The summed E-state index contributed by atoms with van der Waals surface area (Å²) >= 11 is 0. The summed E-state index contributed by atoms with van der Waals surface area (Å²) in [5.74, 6) is 0.563. The molecule has 0 saturated carbocycles. The van der Waals surface area contributed by atoms with E-state index in [0.717, 1.165) is 39.1 Å². The molecule has 0 aromatic rings. The Morgan fingerprint density at radius 1 is 1.31 bits per heavy atom. The second-order valence-electron chi connectivity index (χ2n) is 3.28. The van der Waals surface area contributed by atoms with Crippen molar-refractivity contribution in [2.75, 3.05) is 19.8 Å². The molecular weight excluding hydrogens is 187 g/mol. The molecule has 78 valence electrons. The van der Waals surface area contributed by atoms with Gasteiger partial charge >= 0.3 is 8.60 Å². The van der Waals surface area contributed by atoms with E-state index in [2.05, 4.69) is 13.8 Å².